The Hall–Kier alpha value is -0.0800. The predicted molar refractivity (Wildman–Crippen MR) is 92.3 cm³/mol. The average Bonchev–Trinajstić information content (AvgIpc) is 2.36. The molecule has 0 aliphatic rings. The minimum Gasteiger partial charge on any atom is -0.313 e. The summed E-state index contributed by atoms with van der Waals surface area (Å²) in [4.78, 5) is 2.69. The zero-order valence-corrected chi connectivity index (χ0v) is 15.2. The van der Waals surface area contributed by atoms with E-state index in [0.29, 0.717) is 6.04 Å². The normalized spacial score (nSPS) is 13.9. The summed E-state index contributed by atoms with van der Waals surface area (Å²) in [5.41, 5.74) is 0. The molecule has 1 N–H and O–H groups in total. The highest BCUT2D eigenvalue weighted by molar-refractivity contribution is 4.72. The Morgan fingerprint density at radius 2 is 1.45 bits per heavy atom. The van der Waals surface area contributed by atoms with Crippen molar-refractivity contribution in [1.82, 2.24) is 10.2 Å². The van der Waals surface area contributed by atoms with Crippen LogP contribution >= 0.6 is 0 Å². The van der Waals surface area contributed by atoms with Crippen LogP contribution in [0.5, 0.6) is 0 Å². The molecule has 1 unspecified atom stereocenters. The van der Waals surface area contributed by atoms with Crippen LogP contribution in [-0.2, 0) is 0 Å². The second-order valence-corrected chi connectivity index (χ2v) is 7.19. The molecule has 0 rings (SSSR count). The van der Waals surface area contributed by atoms with Crippen molar-refractivity contribution in [3.05, 3.63) is 0 Å². The lowest BCUT2D eigenvalue weighted by Crippen LogP contribution is -2.42. The number of rotatable bonds is 12. The summed E-state index contributed by atoms with van der Waals surface area (Å²) >= 11 is 0. The van der Waals surface area contributed by atoms with Gasteiger partial charge in [0.25, 0.3) is 0 Å². The first-order valence-corrected chi connectivity index (χ1v) is 8.88. The third-order valence-corrected chi connectivity index (χ3v) is 4.13. The minimum atomic E-state index is 0.653. The molecule has 0 saturated heterocycles. The fraction of sp³-hybridized carbons (Fsp3) is 1.00. The zero-order chi connectivity index (χ0) is 15.5. The Labute approximate surface area is 128 Å². The van der Waals surface area contributed by atoms with Crippen molar-refractivity contribution >= 4 is 0 Å². The van der Waals surface area contributed by atoms with Gasteiger partial charge < -0.3 is 5.32 Å². The molecular formula is C18H40N2. The molecule has 0 aliphatic heterocycles. The lowest BCUT2D eigenvalue weighted by atomic mass is 10.0. The maximum atomic E-state index is 3.70. The molecule has 0 saturated carbocycles. The van der Waals surface area contributed by atoms with E-state index in [9.17, 15) is 0 Å². The first kappa shape index (κ1) is 19.9. The predicted octanol–water partition coefficient (Wildman–Crippen LogP) is 4.55. The Morgan fingerprint density at radius 3 is 1.90 bits per heavy atom. The van der Waals surface area contributed by atoms with Crippen LogP contribution in [0.3, 0.4) is 0 Å². The van der Waals surface area contributed by atoms with Crippen LogP contribution in [0.1, 0.15) is 74.1 Å². The van der Waals surface area contributed by atoms with Crippen molar-refractivity contribution in [2.45, 2.75) is 86.2 Å². The summed E-state index contributed by atoms with van der Waals surface area (Å²) in [6.45, 7) is 19.8. The molecule has 0 spiro atoms. The molecule has 122 valence electrons. The molecule has 20 heavy (non-hydrogen) atoms. The average molecular weight is 285 g/mol. The standard InChI is InChI=1S/C18H40N2/c1-8-18(9-2)20(14-16(5)6)13-12-19-17(7)11-10-15(3)4/h15-19H,8-14H2,1-7H3. The van der Waals surface area contributed by atoms with E-state index in [1.807, 2.05) is 0 Å². The Balaban J connectivity index is 4.06. The number of nitrogens with zero attached hydrogens (tertiary/aromatic N) is 1. The van der Waals surface area contributed by atoms with Gasteiger partial charge in [0.1, 0.15) is 0 Å². The fourth-order valence-corrected chi connectivity index (χ4v) is 2.84. The second kappa shape index (κ2) is 11.6. The fourth-order valence-electron chi connectivity index (χ4n) is 2.84. The van der Waals surface area contributed by atoms with E-state index < -0.39 is 0 Å². The molecule has 0 aromatic carbocycles. The van der Waals surface area contributed by atoms with Crippen molar-refractivity contribution in [3.63, 3.8) is 0 Å². The van der Waals surface area contributed by atoms with Gasteiger partial charge in [-0.1, -0.05) is 41.5 Å². The van der Waals surface area contributed by atoms with Crippen molar-refractivity contribution in [3.8, 4) is 0 Å². The number of hydrogen-bond acceptors (Lipinski definition) is 2. The van der Waals surface area contributed by atoms with E-state index in [1.165, 1.54) is 38.8 Å². The van der Waals surface area contributed by atoms with E-state index in [-0.39, 0.29) is 0 Å². The van der Waals surface area contributed by atoms with Crippen LogP contribution in [0, 0.1) is 11.8 Å². The van der Waals surface area contributed by atoms with E-state index in [2.05, 4.69) is 58.7 Å². The maximum absolute atomic E-state index is 3.70. The van der Waals surface area contributed by atoms with Crippen molar-refractivity contribution in [2.24, 2.45) is 11.8 Å². The third kappa shape index (κ3) is 9.77. The summed E-state index contributed by atoms with van der Waals surface area (Å²) in [5.74, 6) is 1.58. The smallest absolute Gasteiger partial charge is 0.0110 e. The Morgan fingerprint density at radius 1 is 0.850 bits per heavy atom. The summed E-state index contributed by atoms with van der Waals surface area (Å²) in [5, 5.41) is 3.70. The highest BCUT2D eigenvalue weighted by Crippen LogP contribution is 2.11. The monoisotopic (exact) mass is 284 g/mol. The molecule has 0 heterocycles. The number of nitrogens with one attached hydrogen (secondary N) is 1. The van der Waals surface area contributed by atoms with Gasteiger partial charge in [0, 0.05) is 31.7 Å². The summed E-state index contributed by atoms with van der Waals surface area (Å²) in [6, 6.07) is 1.41. The summed E-state index contributed by atoms with van der Waals surface area (Å²) in [6.07, 6.45) is 5.17. The molecule has 2 heteroatoms. The number of hydrogen-bond donors (Lipinski definition) is 1. The van der Waals surface area contributed by atoms with Crippen molar-refractivity contribution < 1.29 is 0 Å². The quantitative estimate of drug-likeness (QED) is 0.566. The van der Waals surface area contributed by atoms with Gasteiger partial charge in [-0.15, -0.1) is 0 Å². The van der Waals surface area contributed by atoms with Gasteiger partial charge in [0.15, 0.2) is 0 Å². The van der Waals surface area contributed by atoms with Crippen LogP contribution in [0.15, 0.2) is 0 Å². The largest absolute Gasteiger partial charge is 0.313 e. The molecular weight excluding hydrogens is 244 g/mol. The molecule has 1 atom stereocenters. The lowest BCUT2D eigenvalue weighted by Gasteiger charge is -2.32. The van der Waals surface area contributed by atoms with Gasteiger partial charge in [0.2, 0.25) is 0 Å². The Kier molecular flexibility index (Phi) is 11.5. The SMILES string of the molecule is CCC(CC)N(CCNC(C)CCC(C)C)CC(C)C. The second-order valence-electron chi connectivity index (χ2n) is 7.19. The minimum absolute atomic E-state index is 0.653. The molecule has 0 aromatic rings. The molecule has 0 aromatic heterocycles. The first-order chi connectivity index (χ1) is 9.40. The topological polar surface area (TPSA) is 15.3 Å². The molecule has 0 aliphatic carbocycles. The Bertz CT molecular complexity index is 209. The van der Waals surface area contributed by atoms with Gasteiger partial charge in [-0.2, -0.15) is 0 Å². The highest BCUT2D eigenvalue weighted by atomic mass is 15.2. The van der Waals surface area contributed by atoms with Gasteiger partial charge in [-0.25, -0.2) is 0 Å². The van der Waals surface area contributed by atoms with E-state index in [0.717, 1.165) is 24.4 Å². The molecule has 0 bridgehead atoms. The highest BCUT2D eigenvalue weighted by Gasteiger charge is 2.16. The van der Waals surface area contributed by atoms with Crippen LogP contribution in [0.4, 0.5) is 0 Å². The van der Waals surface area contributed by atoms with Crippen LogP contribution in [-0.4, -0.2) is 36.6 Å². The van der Waals surface area contributed by atoms with E-state index in [1.54, 1.807) is 0 Å². The van der Waals surface area contributed by atoms with Crippen molar-refractivity contribution in [1.29, 1.82) is 0 Å². The van der Waals surface area contributed by atoms with E-state index in [4.69, 9.17) is 0 Å². The molecule has 0 amide bonds. The van der Waals surface area contributed by atoms with Crippen LogP contribution in [0.25, 0.3) is 0 Å². The molecule has 0 radical (unpaired) electrons. The lowest BCUT2D eigenvalue weighted by molar-refractivity contribution is 0.165. The van der Waals surface area contributed by atoms with Gasteiger partial charge in [-0.05, 0) is 44.4 Å². The van der Waals surface area contributed by atoms with Crippen LogP contribution in [0.2, 0.25) is 0 Å². The molecule has 2 nitrogen and oxygen atoms in total. The zero-order valence-electron chi connectivity index (χ0n) is 15.2. The summed E-state index contributed by atoms with van der Waals surface area (Å²) < 4.78 is 0. The van der Waals surface area contributed by atoms with E-state index >= 15 is 0 Å². The van der Waals surface area contributed by atoms with Gasteiger partial charge >= 0.3 is 0 Å². The van der Waals surface area contributed by atoms with Crippen molar-refractivity contribution in [2.75, 3.05) is 19.6 Å². The van der Waals surface area contributed by atoms with Gasteiger partial charge in [-0.3, -0.25) is 4.90 Å². The van der Waals surface area contributed by atoms with Gasteiger partial charge in [0.05, 0.1) is 0 Å². The third-order valence-electron chi connectivity index (χ3n) is 4.13. The first-order valence-electron chi connectivity index (χ1n) is 8.88. The molecule has 0 fully saturated rings. The summed E-state index contributed by atoms with van der Waals surface area (Å²) in [7, 11) is 0. The maximum Gasteiger partial charge on any atom is 0.0110 e. The van der Waals surface area contributed by atoms with Crippen LogP contribution < -0.4 is 5.32 Å².